The molecule has 0 amide bonds. The van der Waals surface area contributed by atoms with E-state index in [4.69, 9.17) is 4.74 Å². The van der Waals surface area contributed by atoms with E-state index in [2.05, 4.69) is 19.2 Å². The molecule has 2 nitrogen and oxygen atoms in total. The van der Waals surface area contributed by atoms with Gasteiger partial charge in [0.1, 0.15) is 5.72 Å². The summed E-state index contributed by atoms with van der Waals surface area (Å²) < 4.78 is 6.00. The number of ether oxygens (including phenoxy) is 1. The number of rotatable bonds is 0. The lowest BCUT2D eigenvalue weighted by atomic mass is 9.65. The van der Waals surface area contributed by atoms with Gasteiger partial charge in [-0.25, -0.2) is 0 Å². The summed E-state index contributed by atoms with van der Waals surface area (Å²) in [6, 6.07) is 0. The molecule has 1 aliphatic heterocycles. The predicted molar refractivity (Wildman–Crippen MR) is 51.4 cm³/mol. The largest absolute Gasteiger partial charge is 0.360 e. The van der Waals surface area contributed by atoms with Crippen LogP contribution in [0.4, 0.5) is 0 Å². The molecule has 1 N–H and O–H groups in total. The van der Waals surface area contributed by atoms with E-state index in [9.17, 15) is 0 Å². The highest BCUT2D eigenvalue weighted by Crippen LogP contribution is 2.55. The van der Waals surface area contributed by atoms with Gasteiger partial charge in [0.2, 0.25) is 0 Å². The second-order valence-electron chi connectivity index (χ2n) is 6.15. The zero-order chi connectivity index (χ0) is 9.16. The van der Waals surface area contributed by atoms with Crippen molar-refractivity contribution in [2.24, 2.45) is 10.8 Å². The number of hydrogen-bond donors (Lipinski definition) is 1. The molecule has 2 saturated carbocycles. The van der Waals surface area contributed by atoms with Crippen LogP contribution >= 0.6 is 0 Å². The summed E-state index contributed by atoms with van der Waals surface area (Å²) in [7, 11) is 0. The Kier molecular flexibility index (Phi) is 1.34. The van der Waals surface area contributed by atoms with Gasteiger partial charge in [-0.15, -0.1) is 0 Å². The quantitative estimate of drug-likeness (QED) is 0.616. The standard InChI is InChI=1S/C11H19NO/c1-9(2)5-11(6-9)12-7-10(3-4-10)8-13-11/h12H,3-8H2,1-2H3. The Morgan fingerprint density at radius 3 is 2.23 bits per heavy atom. The van der Waals surface area contributed by atoms with Gasteiger partial charge in [0, 0.05) is 12.0 Å². The number of hydrogen-bond acceptors (Lipinski definition) is 2. The maximum atomic E-state index is 6.00. The molecule has 3 rings (SSSR count). The average molecular weight is 181 g/mol. The van der Waals surface area contributed by atoms with Crippen LogP contribution in [-0.2, 0) is 4.74 Å². The van der Waals surface area contributed by atoms with Crippen molar-refractivity contribution in [2.45, 2.75) is 45.3 Å². The fraction of sp³-hybridized carbons (Fsp3) is 1.00. The van der Waals surface area contributed by atoms with Gasteiger partial charge in [-0.05, 0) is 31.1 Å². The van der Waals surface area contributed by atoms with Crippen LogP contribution in [0.5, 0.6) is 0 Å². The predicted octanol–water partition coefficient (Wildman–Crippen LogP) is 1.90. The van der Waals surface area contributed by atoms with Crippen molar-refractivity contribution >= 4 is 0 Å². The third-order valence-corrected chi connectivity index (χ3v) is 3.93. The molecule has 3 aliphatic rings. The van der Waals surface area contributed by atoms with Crippen molar-refractivity contribution in [2.75, 3.05) is 13.2 Å². The maximum Gasteiger partial charge on any atom is 0.120 e. The molecule has 0 bridgehead atoms. The summed E-state index contributed by atoms with van der Waals surface area (Å²) in [6.07, 6.45) is 5.13. The lowest BCUT2D eigenvalue weighted by Gasteiger charge is -2.56. The highest BCUT2D eigenvalue weighted by atomic mass is 16.5. The second-order valence-corrected chi connectivity index (χ2v) is 6.15. The molecule has 13 heavy (non-hydrogen) atoms. The van der Waals surface area contributed by atoms with E-state index < -0.39 is 0 Å². The van der Waals surface area contributed by atoms with Crippen LogP contribution in [0.3, 0.4) is 0 Å². The van der Waals surface area contributed by atoms with Crippen LogP contribution in [-0.4, -0.2) is 18.9 Å². The summed E-state index contributed by atoms with van der Waals surface area (Å²) in [6.45, 7) is 6.86. The minimum Gasteiger partial charge on any atom is -0.360 e. The first kappa shape index (κ1) is 8.25. The van der Waals surface area contributed by atoms with Gasteiger partial charge >= 0.3 is 0 Å². The van der Waals surface area contributed by atoms with Gasteiger partial charge in [0.05, 0.1) is 6.61 Å². The molecule has 0 aromatic heterocycles. The first-order valence-electron chi connectivity index (χ1n) is 5.42. The molecule has 0 aromatic carbocycles. The molecular weight excluding hydrogens is 162 g/mol. The zero-order valence-corrected chi connectivity index (χ0v) is 8.65. The molecule has 1 heterocycles. The van der Waals surface area contributed by atoms with Crippen molar-refractivity contribution in [3.63, 3.8) is 0 Å². The van der Waals surface area contributed by atoms with E-state index in [1.165, 1.54) is 32.2 Å². The topological polar surface area (TPSA) is 21.3 Å². The molecule has 0 aromatic rings. The molecule has 2 aliphatic carbocycles. The fourth-order valence-corrected chi connectivity index (χ4v) is 2.96. The summed E-state index contributed by atoms with van der Waals surface area (Å²) in [5.74, 6) is 0. The van der Waals surface area contributed by atoms with Crippen LogP contribution in [0.1, 0.15) is 39.5 Å². The number of nitrogens with one attached hydrogen (secondary N) is 1. The van der Waals surface area contributed by atoms with Gasteiger partial charge in [0.15, 0.2) is 0 Å². The van der Waals surface area contributed by atoms with Crippen LogP contribution in [0.2, 0.25) is 0 Å². The van der Waals surface area contributed by atoms with Crippen molar-refractivity contribution in [1.29, 1.82) is 0 Å². The first-order chi connectivity index (χ1) is 6.04. The van der Waals surface area contributed by atoms with Crippen LogP contribution in [0.15, 0.2) is 0 Å². The Morgan fingerprint density at radius 2 is 1.85 bits per heavy atom. The lowest BCUT2D eigenvalue weighted by molar-refractivity contribution is -0.210. The monoisotopic (exact) mass is 181 g/mol. The van der Waals surface area contributed by atoms with Gasteiger partial charge in [0.25, 0.3) is 0 Å². The molecule has 2 spiro atoms. The SMILES string of the molecule is CC1(C)CC2(C1)NCC1(CC1)CO2. The molecule has 2 heteroatoms. The minimum absolute atomic E-state index is 0.0807. The van der Waals surface area contributed by atoms with Gasteiger partial charge < -0.3 is 4.74 Å². The zero-order valence-electron chi connectivity index (χ0n) is 8.65. The van der Waals surface area contributed by atoms with E-state index in [0.717, 1.165) is 6.61 Å². The summed E-state index contributed by atoms with van der Waals surface area (Å²) in [4.78, 5) is 0. The molecule has 3 fully saturated rings. The van der Waals surface area contributed by atoms with E-state index in [-0.39, 0.29) is 5.72 Å². The molecule has 0 unspecified atom stereocenters. The molecule has 1 saturated heterocycles. The van der Waals surface area contributed by atoms with Crippen molar-refractivity contribution in [3.05, 3.63) is 0 Å². The van der Waals surface area contributed by atoms with Gasteiger partial charge in [-0.1, -0.05) is 13.8 Å². The minimum atomic E-state index is 0.0807. The maximum absolute atomic E-state index is 6.00. The normalized spacial score (nSPS) is 37.4. The van der Waals surface area contributed by atoms with Crippen LogP contribution < -0.4 is 5.32 Å². The van der Waals surface area contributed by atoms with E-state index in [1.807, 2.05) is 0 Å². The van der Waals surface area contributed by atoms with E-state index in [1.54, 1.807) is 0 Å². The Balaban J connectivity index is 1.64. The van der Waals surface area contributed by atoms with Crippen molar-refractivity contribution in [1.82, 2.24) is 5.32 Å². The van der Waals surface area contributed by atoms with Crippen LogP contribution in [0.25, 0.3) is 0 Å². The Hall–Kier alpha value is -0.0800. The third kappa shape index (κ3) is 1.23. The van der Waals surface area contributed by atoms with Crippen molar-refractivity contribution < 1.29 is 4.74 Å². The molecule has 0 atom stereocenters. The smallest absolute Gasteiger partial charge is 0.120 e. The summed E-state index contributed by atoms with van der Waals surface area (Å²) in [5, 5.41) is 3.62. The third-order valence-electron chi connectivity index (χ3n) is 3.93. The highest BCUT2D eigenvalue weighted by molar-refractivity contribution is 5.06. The van der Waals surface area contributed by atoms with Crippen LogP contribution in [0, 0.1) is 10.8 Å². The molecule has 74 valence electrons. The highest BCUT2D eigenvalue weighted by Gasteiger charge is 2.57. The average Bonchev–Trinajstić information content (AvgIpc) is 2.74. The Labute approximate surface area is 80.0 Å². The first-order valence-corrected chi connectivity index (χ1v) is 5.42. The second kappa shape index (κ2) is 2.12. The fourth-order valence-electron chi connectivity index (χ4n) is 2.96. The van der Waals surface area contributed by atoms with Gasteiger partial charge in [-0.2, -0.15) is 0 Å². The van der Waals surface area contributed by atoms with E-state index >= 15 is 0 Å². The summed E-state index contributed by atoms with van der Waals surface area (Å²) >= 11 is 0. The molecular formula is C11H19NO. The Morgan fingerprint density at radius 1 is 1.15 bits per heavy atom. The Bertz CT molecular complexity index is 222. The summed E-state index contributed by atoms with van der Waals surface area (Å²) in [5.41, 5.74) is 1.14. The molecule has 0 radical (unpaired) electrons. The van der Waals surface area contributed by atoms with Crippen molar-refractivity contribution in [3.8, 4) is 0 Å². The lowest BCUT2D eigenvalue weighted by Crippen LogP contribution is -2.65. The van der Waals surface area contributed by atoms with E-state index in [0.29, 0.717) is 10.8 Å². The van der Waals surface area contributed by atoms with Gasteiger partial charge in [-0.3, -0.25) is 5.32 Å².